The van der Waals surface area contributed by atoms with Crippen LogP contribution in [0, 0.1) is 15.0 Å². The quantitative estimate of drug-likeness (QED) is 0.345. The number of nitro benzene ring substituents is 1. The molecule has 1 atom stereocenters. The molecule has 102 valence electrons. The number of hydrogen-bond donors (Lipinski definition) is 0. The molecule has 0 aliphatic heterocycles. The van der Waals surface area contributed by atoms with Gasteiger partial charge in [0.2, 0.25) is 0 Å². The number of esters is 1. The molecule has 0 saturated heterocycles. The molecule has 0 aromatic heterocycles. The van der Waals surface area contributed by atoms with Crippen molar-refractivity contribution in [1.82, 2.24) is 0 Å². The number of carbonyl (C=O) groups is 1. The zero-order chi connectivity index (χ0) is 14.4. The third-order valence-corrected chi connectivity index (χ3v) is 3.02. The van der Waals surface area contributed by atoms with Crippen LogP contribution in [0.2, 0.25) is 0 Å². The van der Waals surface area contributed by atoms with Crippen LogP contribution in [0.4, 0.5) is 5.69 Å². The van der Waals surface area contributed by atoms with E-state index in [1.165, 1.54) is 6.07 Å². The van der Waals surface area contributed by atoms with E-state index in [-0.39, 0.29) is 18.5 Å². The summed E-state index contributed by atoms with van der Waals surface area (Å²) in [6.07, 6.45) is 0.258. The highest BCUT2D eigenvalue weighted by atomic mass is 79.9. The van der Waals surface area contributed by atoms with E-state index in [9.17, 15) is 19.8 Å². The molecule has 1 aromatic rings. The number of methoxy groups -OCH3 is 1. The van der Waals surface area contributed by atoms with Crippen molar-refractivity contribution in [2.75, 3.05) is 7.11 Å². The van der Waals surface area contributed by atoms with Crippen LogP contribution in [0.3, 0.4) is 0 Å². The van der Waals surface area contributed by atoms with Crippen molar-refractivity contribution in [1.29, 1.82) is 0 Å². The number of benzene rings is 1. The third-order valence-electron chi connectivity index (χ3n) is 2.53. The lowest BCUT2D eigenvalue weighted by Gasteiger charge is -2.07. The molecule has 0 fully saturated rings. The number of rotatable bonds is 6. The van der Waals surface area contributed by atoms with Crippen LogP contribution in [-0.4, -0.2) is 24.0 Å². The molecule has 0 amide bonds. The molecule has 8 heteroatoms. The molecule has 1 rings (SSSR count). The Balaban J connectivity index is 2.85. The molecule has 0 aliphatic carbocycles. The average molecular weight is 331 g/mol. The van der Waals surface area contributed by atoms with Gasteiger partial charge in [0, 0.05) is 16.1 Å². The Hall–Kier alpha value is -1.83. The molecule has 1 unspecified atom stereocenters. The maximum Gasteiger partial charge on any atom is 0.334 e. The number of nitroso groups, excluding NO2 is 1. The fraction of sp³-hybridized carbons (Fsp3) is 0.364. The Morgan fingerprint density at radius 2 is 2.26 bits per heavy atom. The molecule has 0 bridgehead atoms. The van der Waals surface area contributed by atoms with E-state index in [0.717, 1.165) is 7.11 Å². The summed E-state index contributed by atoms with van der Waals surface area (Å²) in [7, 11) is 1.16. The highest BCUT2D eigenvalue weighted by Gasteiger charge is 2.22. The highest BCUT2D eigenvalue weighted by Crippen LogP contribution is 2.25. The van der Waals surface area contributed by atoms with Crippen molar-refractivity contribution in [3.05, 3.63) is 43.3 Å². The van der Waals surface area contributed by atoms with Gasteiger partial charge < -0.3 is 4.74 Å². The number of nitro groups is 1. The van der Waals surface area contributed by atoms with Crippen molar-refractivity contribution in [3.8, 4) is 0 Å². The zero-order valence-corrected chi connectivity index (χ0v) is 11.6. The van der Waals surface area contributed by atoms with Gasteiger partial charge in [-0.2, -0.15) is 0 Å². The van der Waals surface area contributed by atoms with E-state index in [4.69, 9.17) is 0 Å². The first kappa shape index (κ1) is 15.2. The van der Waals surface area contributed by atoms with Crippen molar-refractivity contribution in [2.45, 2.75) is 18.9 Å². The SMILES string of the molecule is COC(=O)C(CCc1ccc(Br)cc1[N+](=O)[O-])N=O. The molecule has 0 spiro atoms. The molecular formula is C11H11BrN2O5. The van der Waals surface area contributed by atoms with Gasteiger partial charge in [0.1, 0.15) is 0 Å². The lowest BCUT2D eigenvalue weighted by Crippen LogP contribution is -2.20. The predicted molar refractivity (Wildman–Crippen MR) is 70.7 cm³/mol. The fourth-order valence-electron chi connectivity index (χ4n) is 1.56. The number of carbonyl (C=O) groups excluding carboxylic acids is 1. The van der Waals surface area contributed by atoms with Crippen LogP contribution in [0.15, 0.2) is 27.8 Å². The van der Waals surface area contributed by atoms with E-state index < -0.39 is 16.9 Å². The summed E-state index contributed by atoms with van der Waals surface area (Å²) >= 11 is 3.15. The monoisotopic (exact) mass is 330 g/mol. The molecule has 0 N–H and O–H groups in total. The predicted octanol–water partition coefficient (Wildman–Crippen LogP) is 2.60. The van der Waals surface area contributed by atoms with Gasteiger partial charge in [0.15, 0.2) is 6.04 Å². The van der Waals surface area contributed by atoms with E-state index in [1.54, 1.807) is 12.1 Å². The van der Waals surface area contributed by atoms with Gasteiger partial charge in [-0.1, -0.05) is 27.2 Å². The fourth-order valence-corrected chi connectivity index (χ4v) is 1.91. The van der Waals surface area contributed by atoms with E-state index >= 15 is 0 Å². The summed E-state index contributed by atoms with van der Waals surface area (Å²) in [5, 5.41) is 13.5. The Morgan fingerprint density at radius 1 is 1.58 bits per heavy atom. The zero-order valence-electron chi connectivity index (χ0n) is 10.0. The van der Waals surface area contributed by atoms with Crippen LogP contribution in [0.5, 0.6) is 0 Å². The second-order valence-electron chi connectivity index (χ2n) is 3.71. The summed E-state index contributed by atoms with van der Waals surface area (Å²) in [6.45, 7) is 0. The van der Waals surface area contributed by atoms with Crippen LogP contribution in [0.1, 0.15) is 12.0 Å². The summed E-state index contributed by atoms with van der Waals surface area (Å²) in [5.74, 6) is -0.741. The Labute approximate surface area is 117 Å². The molecule has 0 saturated carbocycles. The summed E-state index contributed by atoms with van der Waals surface area (Å²) in [5.41, 5.74) is 0.370. The number of hydrogen-bond acceptors (Lipinski definition) is 6. The van der Waals surface area contributed by atoms with Gasteiger partial charge >= 0.3 is 5.97 Å². The average Bonchev–Trinajstić information content (AvgIpc) is 2.40. The van der Waals surface area contributed by atoms with Crippen molar-refractivity contribution >= 4 is 27.6 Å². The van der Waals surface area contributed by atoms with Crippen LogP contribution in [0.25, 0.3) is 0 Å². The lowest BCUT2D eigenvalue weighted by molar-refractivity contribution is -0.385. The van der Waals surface area contributed by atoms with Gasteiger partial charge in [0.25, 0.3) is 5.69 Å². The first-order valence-electron chi connectivity index (χ1n) is 5.32. The lowest BCUT2D eigenvalue weighted by atomic mass is 10.0. The largest absolute Gasteiger partial charge is 0.467 e. The molecular weight excluding hydrogens is 320 g/mol. The minimum Gasteiger partial charge on any atom is -0.467 e. The van der Waals surface area contributed by atoms with Gasteiger partial charge in [0.05, 0.1) is 12.0 Å². The minimum atomic E-state index is -1.15. The molecule has 0 aliphatic rings. The first-order chi connectivity index (χ1) is 8.99. The third kappa shape index (κ3) is 4.09. The molecule has 0 radical (unpaired) electrons. The molecule has 19 heavy (non-hydrogen) atoms. The number of nitrogens with zero attached hydrogens (tertiary/aromatic N) is 2. The van der Waals surface area contributed by atoms with Gasteiger partial charge in [-0.15, -0.1) is 4.91 Å². The van der Waals surface area contributed by atoms with Crippen molar-refractivity contribution in [3.63, 3.8) is 0 Å². The summed E-state index contributed by atoms with van der Waals surface area (Å²) < 4.78 is 5.00. The number of aryl methyl sites for hydroxylation is 1. The standard InChI is InChI=1S/C11H11BrN2O5/c1-19-11(15)9(13-16)5-3-7-2-4-8(12)6-10(7)14(17)18/h2,4,6,9H,3,5H2,1H3. The van der Waals surface area contributed by atoms with E-state index in [2.05, 4.69) is 25.8 Å². The van der Waals surface area contributed by atoms with Crippen LogP contribution < -0.4 is 0 Å². The Kier molecular flexibility index (Phi) is 5.56. The second-order valence-corrected chi connectivity index (χ2v) is 4.63. The maximum absolute atomic E-state index is 11.2. The van der Waals surface area contributed by atoms with Gasteiger partial charge in [-0.05, 0) is 18.9 Å². The smallest absolute Gasteiger partial charge is 0.334 e. The molecule has 0 heterocycles. The van der Waals surface area contributed by atoms with Crippen LogP contribution >= 0.6 is 15.9 Å². The maximum atomic E-state index is 11.2. The second kappa shape index (κ2) is 6.93. The summed E-state index contributed by atoms with van der Waals surface area (Å²) in [6, 6.07) is 3.45. The number of halogens is 1. The van der Waals surface area contributed by atoms with Crippen molar-refractivity contribution < 1.29 is 14.5 Å². The minimum absolute atomic E-state index is 0.0658. The Morgan fingerprint density at radius 3 is 2.79 bits per heavy atom. The van der Waals surface area contributed by atoms with Crippen molar-refractivity contribution in [2.24, 2.45) is 5.18 Å². The molecule has 7 nitrogen and oxygen atoms in total. The first-order valence-corrected chi connectivity index (χ1v) is 6.12. The number of ether oxygens (including phenoxy) is 1. The van der Waals surface area contributed by atoms with Gasteiger partial charge in [-0.3, -0.25) is 10.1 Å². The Bertz CT molecular complexity index is 506. The highest BCUT2D eigenvalue weighted by molar-refractivity contribution is 9.10. The topological polar surface area (TPSA) is 98.9 Å². The van der Waals surface area contributed by atoms with Crippen LogP contribution in [-0.2, 0) is 16.0 Å². The van der Waals surface area contributed by atoms with Gasteiger partial charge in [-0.25, -0.2) is 4.79 Å². The molecule has 1 aromatic carbocycles. The summed E-state index contributed by atoms with van der Waals surface area (Å²) in [4.78, 5) is 32.1. The normalized spacial score (nSPS) is 11.7. The van der Waals surface area contributed by atoms with E-state index in [1.807, 2.05) is 0 Å². The van der Waals surface area contributed by atoms with E-state index in [0.29, 0.717) is 10.0 Å².